The number of carbonyl (C=O) groups excluding carboxylic acids is 1. The molecule has 0 saturated carbocycles. The first-order valence-corrected chi connectivity index (χ1v) is 10.4. The molecule has 2 heterocycles. The largest absolute Gasteiger partial charge is 0.491 e. The molecule has 2 aromatic rings. The van der Waals surface area contributed by atoms with Crippen LogP contribution >= 0.6 is 0 Å². The summed E-state index contributed by atoms with van der Waals surface area (Å²) in [6.45, 7) is 8.32. The number of nitrogens with zero attached hydrogens (tertiary/aromatic N) is 4. The van der Waals surface area contributed by atoms with Crippen LogP contribution in [-0.4, -0.2) is 68.0 Å². The lowest BCUT2D eigenvalue weighted by Crippen LogP contribution is -2.44. The van der Waals surface area contributed by atoms with Gasteiger partial charge in [-0.25, -0.2) is 9.97 Å². The van der Waals surface area contributed by atoms with Gasteiger partial charge in [-0.2, -0.15) is 0 Å². The molecule has 0 spiro atoms. The molecule has 3 rings (SSSR count). The Hall–Kier alpha value is -3.44. The minimum absolute atomic E-state index is 0.171. The molecule has 1 aromatic carbocycles. The molecule has 1 saturated heterocycles. The summed E-state index contributed by atoms with van der Waals surface area (Å²) in [5.41, 5.74) is 12.7. The van der Waals surface area contributed by atoms with Gasteiger partial charge in [0.25, 0.3) is 0 Å². The van der Waals surface area contributed by atoms with Gasteiger partial charge in [0.2, 0.25) is 6.41 Å². The van der Waals surface area contributed by atoms with E-state index in [4.69, 9.17) is 21.0 Å². The molecule has 0 atom stereocenters. The maximum atomic E-state index is 10.1. The molecule has 1 fully saturated rings. The van der Waals surface area contributed by atoms with Crippen LogP contribution in [-0.2, 0) is 9.63 Å². The van der Waals surface area contributed by atoms with Gasteiger partial charge in [-0.3, -0.25) is 4.79 Å². The van der Waals surface area contributed by atoms with Gasteiger partial charge >= 0.3 is 0 Å². The number of carbonyl (C=O) groups is 1. The average molecular weight is 445 g/mol. The third-order valence-electron chi connectivity index (χ3n) is 4.23. The summed E-state index contributed by atoms with van der Waals surface area (Å²) in [7, 11) is 0. The zero-order chi connectivity index (χ0) is 23.2. The first-order valence-electron chi connectivity index (χ1n) is 10.4. The normalized spacial score (nSPS) is 13.4. The number of hydrogen-bond acceptors (Lipinski definition) is 10. The number of amides is 1. The van der Waals surface area contributed by atoms with Gasteiger partial charge in [-0.05, 0) is 38.1 Å². The second-order valence-electron chi connectivity index (χ2n) is 7.04. The second-order valence-corrected chi connectivity index (χ2v) is 7.04. The van der Waals surface area contributed by atoms with Crippen LogP contribution in [0.3, 0.4) is 0 Å². The monoisotopic (exact) mass is 444 g/mol. The number of nitrogen functional groups attached to an aromatic ring is 1. The molecule has 0 bridgehead atoms. The number of anilines is 3. The molecule has 0 aliphatic carbocycles. The van der Waals surface area contributed by atoms with Crippen molar-refractivity contribution in [3.05, 3.63) is 36.2 Å². The van der Waals surface area contributed by atoms with Crippen molar-refractivity contribution >= 4 is 29.9 Å². The predicted molar refractivity (Wildman–Crippen MR) is 126 cm³/mol. The smallest absolute Gasteiger partial charge is 0.211 e. The average Bonchev–Trinajstić information content (AvgIpc) is 2.80. The van der Waals surface area contributed by atoms with Crippen molar-refractivity contribution in [1.29, 1.82) is 0 Å². The Balaban J connectivity index is 0.000000244. The van der Waals surface area contributed by atoms with E-state index in [1.165, 1.54) is 6.33 Å². The van der Waals surface area contributed by atoms with Gasteiger partial charge in [-0.15, -0.1) is 0 Å². The highest BCUT2D eigenvalue weighted by Gasteiger charge is 2.17. The molecule has 11 heteroatoms. The molecule has 1 aliphatic heterocycles. The minimum atomic E-state index is 0.171. The number of aromatic nitrogens is 2. The topological polar surface area (TPSA) is 153 Å². The van der Waals surface area contributed by atoms with Crippen molar-refractivity contribution in [2.75, 3.05) is 55.3 Å². The Morgan fingerprint density at radius 1 is 1.25 bits per heavy atom. The van der Waals surface area contributed by atoms with E-state index in [1.807, 2.05) is 26.0 Å². The Kier molecular flexibility index (Phi) is 10.7. The van der Waals surface area contributed by atoms with Crippen LogP contribution in [0.1, 0.15) is 19.4 Å². The number of nitrogens with one attached hydrogen (secondary N) is 2. The lowest BCUT2D eigenvalue weighted by molar-refractivity contribution is -0.105. The van der Waals surface area contributed by atoms with Crippen LogP contribution in [0.25, 0.3) is 0 Å². The lowest BCUT2D eigenvalue weighted by Gasteiger charge is -2.29. The Morgan fingerprint density at radius 3 is 2.59 bits per heavy atom. The Morgan fingerprint density at radius 2 is 1.97 bits per heavy atom. The van der Waals surface area contributed by atoms with Crippen LogP contribution in [0.4, 0.5) is 17.3 Å². The quantitative estimate of drug-likeness (QED) is 0.190. The maximum Gasteiger partial charge on any atom is 0.211 e. The second kappa shape index (κ2) is 13.8. The number of benzene rings is 1. The molecule has 1 aliphatic rings. The standard InChI is InChI=1S/C11H19N7O.C10H13NO2/c12-1-6-19-17-7-9-10(13)15-8-16-11(9)18-4-2-14-3-5-18;1-8(2)13-10-5-3-9(4-6-10)11-7-12/h7-8,14H,1-6,12H2,(H2,13,15,16);3-8H,1-2H3,(H,11,12). The Labute approximate surface area is 188 Å². The maximum absolute atomic E-state index is 10.1. The molecule has 1 amide bonds. The van der Waals surface area contributed by atoms with Gasteiger partial charge < -0.3 is 36.6 Å². The third kappa shape index (κ3) is 8.36. The highest BCUT2D eigenvalue weighted by Crippen LogP contribution is 2.20. The van der Waals surface area contributed by atoms with Crippen molar-refractivity contribution in [3.63, 3.8) is 0 Å². The van der Waals surface area contributed by atoms with E-state index in [2.05, 4.69) is 30.7 Å². The van der Waals surface area contributed by atoms with E-state index in [9.17, 15) is 4.79 Å². The molecule has 0 unspecified atom stereocenters. The third-order valence-corrected chi connectivity index (χ3v) is 4.23. The zero-order valence-corrected chi connectivity index (χ0v) is 18.5. The van der Waals surface area contributed by atoms with Gasteiger partial charge in [-0.1, -0.05) is 5.16 Å². The van der Waals surface area contributed by atoms with Crippen molar-refractivity contribution in [3.8, 4) is 5.75 Å². The van der Waals surface area contributed by atoms with Crippen LogP contribution in [0.5, 0.6) is 5.75 Å². The SMILES string of the molecule is CC(C)Oc1ccc(NC=O)cc1.NCCON=Cc1c(N)ncnc1N1CCNCC1. The predicted octanol–water partition coefficient (Wildman–Crippen LogP) is 0.820. The van der Waals surface area contributed by atoms with E-state index in [-0.39, 0.29) is 6.10 Å². The molecule has 11 nitrogen and oxygen atoms in total. The van der Waals surface area contributed by atoms with Crippen LogP contribution in [0, 0.1) is 0 Å². The number of oxime groups is 1. The summed E-state index contributed by atoms with van der Waals surface area (Å²) >= 11 is 0. The lowest BCUT2D eigenvalue weighted by atomic mass is 10.2. The van der Waals surface area contributed by atoms with E-state index in [0.29, 0.717) is 30.9 Å². The summed E-state index contributed by atoms with van der Waals surface area (Å²) in [5, 5.41) is 9.68. The molecule has 32 heavy (non-hydrogen) atoms. The van der Waals surface area contributed by atoms with Crippen molar-refractivity contribution in [2.24, 2.45) is 10.9 Å². The molecule has 174 valence electrons. The van der Waals surface area contributed by atoms with Gasteiger partial charge in [0.15, 0.2) is 0 Å². The summed E-state index contributed by atoms with van der Waals surface area (Å²) in [4.78, 5) is 25.5. The number of hydrogen-bond donors (Lipinski definition) is 4. The highest BCUT2D eigenvalue weighted by atomic mass is 16.6. The van der Waals surface area contributed by atoms with Gasteiger partial charge in [0.1, 0.15) is 30.3 Å². The minimum Gasteiger partial charge on any atom is -0.491 e. The van der Waals surface area contributed by atoms with E-state index < -0.39 is 0 Å². The molecular weight excluding hydrogens is 412 g/mol. The van der Waals surface area contributed by atoms with Crippen molar-refractivity contribution < 1.29 is 14.4 Å². The summed E-state index contributed by atoms with van der Waals surface area (Å²) in [6.07, 6.45) is 3.83. The fourth-order valence-corrected chi connectivity index (χ4v) is 2.82. The number of piperazine rings is 1. The summed E-state index contributed by atoms with van der Waals surface area (Å²) in [5.74, 6) is 1.99. The molecular formula is C21H32N8O3. The zero-order valence-electron chi connectivity index (χ0n) is 18.5. The van der Waals surface area contributed by atoms with Crippen LogP contribution in [0.15, 0.2) is 35.7 Å². The van der Waals surface area contributed by atoms with Crippen LogP contribution < -0.4 is 31.7 Å². The van der Waals surface area contributed by atoms with Crippen LogP contribution in [0.2, 0.25) is 0 Å². The Bertz CT molecular complexity index is 839. The van der Waals surface area contributed by atoms with Crippen molar-refractivity contribution in [1.82, 2.24) is 15.3 Å². The number of ether oxygens (including phenoxy) is 1. The fraction of sp³-hybridized carbons (Fsp3) is 0.429. The molecule has 1 aromatic heterocycles. The van der Waals surface area contributed by atoms with Gasteiger partial charge in [0, 0.05) is 38.4 Å². The number of rotatable bonds is 9. The highest BCUT2D eigenvalue weighted by molar-refractivity contribution is 5.91. The van der Waals surface area contributed by atoms with E-state index in [0.717, 1.165) is 43.4 Å². The van der Waals surface area contributed by atoms with E-state index in [1.54, 1.807) is 18.3 Å². The first-order chi connectivity index (χ1) is 15.5. The summed E-state index contributed by atoms with van der Waals surface area (Å²) in [6, 6.07) is 7.25. The van der Waals surface area contributed by atoms with E-state index >= 15 is 0 Å². The fourth-order valence-electron chi connectivity index (χ4n) is 2.82. The first kappa shape index (κ1) is 24.8. The molecule has 0 radical (unpaired) electrons. The summed E-state index contributed by atoms with van der Waals surface area (Å²) < 4.78 is 5.43. The van der Waals surface area contributed by atoms with Crippen molar-refractivity contribution in [2.45, 2.75) is 20.0 Å². The number of nitrogens with two attached hydrogens (primary N) is 2. The van der Waals surface area contributed by atoms with Gasteiger partial charge in [0.05, 0.1) is 17.9 Å². The molecule has 6 N–H and O–H groups in total.